The Balaban J connectivity index is 1.48. The van der Waals surface area contributed by atoms with Gasteiger partial charge < -0.3 is 9.64 Å². The fourth-order valence-corrected chi connectivity index (χ4v) is 4.03. The zero-order chi connectivity index (χ0) is 22.9. The van der Waals surface area contributed by atoms with Crippen molar-refractivity contribution in [3.8, 4) is 0 Å². The number of anilines is 1. The number of para-hydroxylation sites is 1. The predicted octanol–water partition coefficient (Wildman–Crippen LogP) is 1.78. The second-order valence-corrected chi connectivity index (χ2v) is 9.11. The number of ether oxygens (including phenoxy) is 1. The van der Waals surface area contributed by atoms with Gasteiger partial charge >= 0.3 is 11.7 Å². The summed E-state index contributed by atoms with van der Waals surface area (Å²) in [5.74, 6) is 0.138. The third-order valence-corrected chi connectivity index (χ3v) is 5.55. The van der Waals surface area contributed by atoms with Crippen molar-refractivity contribution in [1.29, 1.82) is 0 Å². The molecule has 2 aliphatic rings. The number of aromatic nitrogens is 3. The van der Waals surface area contributed by atoms with Gasteiger partial charge in [0.2, 0.25) is 0 Å². The zero-order valence-corrected chi connectivity index (χ0v) is 18.5. The molecule has 3 heterocycles. The van der Waals surface area contributed by atoms with Gasteiger partial charge in [-0.3, -0.25) is 14.8 Å². The van der Waals surface area contributed by atoms with Crippen LogP contribution >= 0.6 is 0 Å². The largest absolute Gasteiger partial charge is 0.458 e. The standard InChI is InChI=1S/C22H28N6O4/c1-22(2,3)32-20(30)17-13-16(26-28(17)15-7-5-4-6-8-15)19(29)27-11-9-14(10-12-27)18-23-21(31)25-24-18/h4-8,14,17H,9-13H2,1-3H3,(H2,23,24,25,31). The number of H-pyrrole nitrogens is 2. The third kappa shape index (κ3) is 4.74. The van der Waals surface area contributed by atoms with E-state index in [9.17, 15) is 14.4 Å². The van der Waals surface area contributed by atoms with E-state index < -0.39 is 17.6 Å². The molecule has 1 fully saturated rings. The monoisotopic (exact) mass is 440 g/mol. The molecule has 0 spiro atoms. The first-order valence-corrected chi connectivity index (χ1v) is 10.8. The number of hydrogen-bond acceptors (Lipinski definition) is 7. The summed E-state index contributed by atoms with van der Waals surface area (Å²) in [6.45, 7) is 6.50. The molecule has 0 bridgehead atoms. The Hall–Kier alpha value is -3.43. The van der Waals surface area contributed by atoms with Crippen molar-refractivity contribution in [2.24, 2.45) is 5.10 Å². The summed E-state index contributed by atoms with van der Waals surface area (Å²) in [5, 5.41) is 12.5. The van der Waals surface area contributed by atoms with E-state index in [2.05, 4.69) is 20.3 Å². The Morgan fingerprint density at radius 3 is 2.41 bits per heavy atom. The summed E-state index contributed by atoms with van der Waals surface area (Å²) < 4.78 is 5.59. The van der Waals surface area contributed by atoms with E-state index >= 15 is 0 Å². The number of carbonyl (C=O) groups is 2. The van der Waals surface area contributed by atoms with Crippen molar-refractivity contribution in [3.63, 3.8) is 0 Å². The van der Waals surface area contributed by atoms with Crippen molar-refractivity contribution in [2.45, 2.75) is 57.6 Å². The molecule has 170 valence electrons. The summed E-state index contributed by atoms with van der Waals surface area (Å²) >= 11 is 0. The number of nitrogens with one attached hydrogen (secondary N) is 2. The number of amides is 1. The van der Waals surface area contributed by atoms with Crippen molar-refractivity contribution >= 4 is 23.3 Å². The van der Waals surface area contributed by atoms with Gasteiger partial charge in [-0.2, -0.15) is 10.2 Å². The molecule has 1 amide bonds. The lowest BCUT2D eigenvalue weighted by Gasteiger charge is -2.30. The van der Waals surface area contributed by atoms with Crippen LogP contribution in [-0.4, -0.2) is 62.4 Å². The highest BCUT2D eigenvalue weighted by Crippen LogP contribution is 2.29. The minimum Gasteiger partial charge on any atom is -0.458 e. The van der Waals surface area contributed by atoms with Gasteiger partial charge in [-0.25, -0.2) is 14.7 Å². The lowest BCUT2D eigenvalue weighted by atomic mass is 9.95. The van der Waals surface area contributed by atoms with E-state index in [0.29, 0.717) is 37.5 Å². The lowest BCUT2D eigenvalue weighted by molar-refractivity contribution is -0.156. The minimum absolute atomic E-state index is 0.0962. The Morgan fingerprint density at radius 1 is 1.12 bits per heavy atom. The molecule has 32 heavy (non-hydrogen) atoms. The van der Waals surface area contributed by atoms with Crippen LogP contribution in [0.4, 0.5) is 5.69 Å². The van der Waals surface area contributed by atoms with Gasteiger partial charge in [0.1, 0.15) is 17.1 Å². The second kappa shape index (κ2) is 8.60. The highest BCUT2D eigenvalue weighted by Gasteiger charge is 2.40. The molecule has 0 saturated carbocycles. The van der Waals surface area contributed by atoms with Gasteiger partial charge in [0.05, 0.1) is 5.69 Å². The highest BCUT2D eigenvalue weighted by molar-refractivity contribution is 6.40. The number of carbonyl (C=O) groups excluding carboxylic acids is 2. The molecule has 1 atom stereocenters. The van der Waals surface area contributed by atoms with Gasteiger partial charge in [0, 0.05) is 25.4 Å². The Kier molecular flexibility index (Phi) is 5.86. The van der Waals surface area contributed by atoms with Crippen LogP contribution in [0.25, 0.3) is 0 Å². The normalized spacial score (nSPS) is 19.7. The Morgan fingerprint density at radius 2 is 1.81 bits per heavy atom. The summed E-state index contributed by atoms with van der Waals surface area (Å²) in [6, 6.07) is 8.62. The number of nitrogens with zero attached hydrogens (tertiary/aromatic N) is 4. The van der Waals surface area contributed by atoms with Gasteiger partial charge in [-0.05, 0) is 45.7 Å². The van der Waals surface area contributed by atoms with Crippen molar-refractivity contribution in [2.75, 3.05) is 18.1 Å². The van der Waals surface area contributed by atoms with Crippen molar-refractivity contribution < 1.29 is 14.3 Å². The molecule has 10 heteroatoms. The Labute approximate surface area is 185 Å². The highest BCUT2D eigenvalue weighted by atomic mass is 16.6. The fraction of sp³-hybridized carbons (Fsp3) is 0.500. The molecule has 1 unspecified atom stereocenters. The minimum atomic E-state index is -0.692. The predicted molar refractivity (Wildman–Crippen MR) is 118 cm³/mol. The first-order chi connectivity index (χ1) is 15.2. The number of hydrazone groups is 1. The molecule has 10 nitrogen and oxygen atoms in total. The molecular formula is C22H28N6O4. The molecule has 1 aromatic carbocycles. The summed E-state index contributed by atoms with van der Waals surface area (Å²) in [7, 11) is 0. The molecular weight excluding hydrogens is 412 g/mol. The first kappa shape index (κ1) is 21.8. The number of rotatable bonds is 4. The second-order valence-electron chi connectivity index (χ2n) is 9.11. The van der Waals surface area contributed by atoms with Gasteiger partial charge in [0.15, 0.2) is 6.04 Å². The van der Waals surface area contributed by atoms with E-state index in [1.54, 1.807) is 9.91 Å². The smallest absolute Gasteiger partial charge is 0.340 e. The van der Waals surface area contributed by atoms with Crippen LogP contribution in [-0.2, 0) is 14.3 Å². The van der Waals surface area contributed by atoms with Gasteiger partial charge in [0.25, 0.3) is 5.91 Å². The van der Waals surface area contributed by atoms with Crippen LogP contribution in [0.5, 0.6) is 0 Å². The number of likely N-dealkylation sites (tertiary alicyclic amines) is 1. The summed E-state index contributed by atoms with van der Waals surface area (Å²) in [6.07, 6.45) is 1.57. The average Bonchev–Trinajstić information content (AvgIpc) is 3.40. The number of piperidine rings is 1. The summed E-state index contributed by atoms with van der Waals surface area (Å²) in [4.78, 5) is 41.9. The molecule has 2 aliphatic heterocycles. The average molecular weight is 441 g/mol. The SMILES string of the molecule is CC(C)(C)OC(=O)C1CC(C(=O)N2CCC(c3n[nH]c(=O)[nH]3)CC2)=NN1c1ccccc1. The topological polar surface area (TPSA) is 124 Å². The van der Waals surface area contributed by atoms with E-state index in [1.165, 1.54) is 0 Å². The van der Waals surface area contributed by atoms with Crippen LogP contribution in [0.1, 0.15) is 51.8 Å². The van der Waals surface area contributed by atoms with Crippen LogP contribution in [0, 0.1) is 0 Å². The maximum Gasteiger partial charge on any atom is 0.340 e. The number of benzene rings is 1. The van der Waals surface area contributed by atoms with E-state index in [0.717, 1.165) is 5.69 Å². The van der Waals surface area contributed by atoms with Crippen LogP contribution in [0.2, 0.25) is 0 Å². The van der Waals surface area contributed by atoms with Gasteiger partial charge in [-0.1, -0.05) is 18.2 Å². The number of esters is 1. The van der Waals surface area contributed by atoms with Crippen molar-refractivity contribution in [3.05, 3.63) is 46.6 Å². The quantitative estimate of drug-likeness (QED) is 0.699. The Bertz CT molecular complexity index is 1060. The molecule has 2 aromatic rings. The van der Waals surface area contributed by atoms with Crippen LogP contribution in [0.3, 0.4) is 0 Å². The van der Waals surface area contributed by atoms with Crippen molar-refractivity contribution in [1.82, 2.24) is 20.1 Å². The zero-order valence-electron chi connectivity index (χ0n) is 18.5. The van der Waals surface area contributed by atoms with E-state index in [1.807, 2.05) is 51.1 Å². The van der Waals surface area contributed by atoms with Gasteiger partial charge in [-0.15, -0.1) is 0 Å². The molecule has 1 saturated heterocycles. The fourth-order valence-electron chi connectivity index (χ4n) is 4.03. The van der Waals surface area contributed by atoms with E-state index in [4.69, 9.17) is 4.74 Å². The molecule has 2 N–H and O–H groups in total. The maximum absolute atomic E-state index is 13.2. The molecule has 1 aromatic heterocycles. The first-order valence-electron chi connectivity index (χ1n) is 10.8. The van der Waals surface area contributed by atoms with E-state index in [-0.39, 0.29) is 23.9 Å². The molecule has 4 rings (SSSR count). The maximum atomic E-state index is 13.2. The number of aromatic amines is 2. The third-order valence-electron chi connectivity index (χ3n) is 5.55. The summed E-state index contributed by atoms with van der Waals surface area (Å²) in [5.41, 5.74) is 0.109. The number of hydrogen-bond donors (Lipinski definition) is 2. The van der Waals surface area contributed by atoms with Crippen LogP contribution in [0.15, 0.2) is 40.2 Å². The van der Waals surface area contributed by atoms with Crippen LogP contribution < -0.4 is 10.7 Å². The molecule has 0 aliphatic carbocycles. The molecule has 0 radical (unpaired) electrons. The lowest BCUT2D eigenvalue weighted by Crippen LogP contribution is -2.42.